The van der Waals surface area contributed by atoms with Crippen molar-refractivity contribution in [2.75, 3.05) is 0 Å². The molecule has 0 radical (unpaired) electrons. The first-order valence-electron chi connectivity index (χ1n) is 5.96. The van der Waals surface area contributed by atoms with Crippen molar-refractivity contribution in [3.05, 3.63) is 60.2 Å². The van der Waals surface area contributed by atoms with E-state index in [9.17, 15) is 17.2 Å². The largest absolute Gasteiger partial charge is 0.377 e. The minimum absolute atomic E-state index is 0.393. The summed E-state index contributed by atoms with van der Waals surface area (Å²) >= 11 is 0.747. The van der Waals surface area contributed by atoms with Crippen LogP contribution in [0.1, 0.15) is 5.56 Å². The molecule has 0 aliphatic rings. The van der Waals surface area contributed by atoms with Crippen molar-refractivity contribution < 1.29 is 17.2 Å². The Labute approximate surface area is 123 Å². The van der Waals surface area contributed by atoms with E-state index in [4.69, 9.17) is 0 Å². The Balaban J connectivity index is 2.15. The second kappa shape index (κ2) is 4.85. The molecule has 108 valence electrons. The summed E-state index contributed by atoms with van der Waals surface area (Å²) in [6.45, 7) is 0. The molecule has 1 heterocycles. The minimum atomic E-state index is -4.88. The van der Waals surface area contributed by atoms with E-state index in [1.54, 1.807) is 30.3 Å². The third-order valence-corrected chi connectivity index (χ3v) is 6.15. The summed E-state index contributed by atoms with van der Waals surface area (Å²) in [5.41, 5.74) is -0.172. The standard InChI is InChI=1S/C14H9F2NO2S2/c15-14(16,10-6-2-1-3-7-10)21(18,19)13-17-11-8-4-5-9-12(11)20-13/h1-9H. The van der Waals surface area contributed by atoms with E-state index in [-0.39, 0.29) is 0 Å². The van der Waals surface area contributed by atoms with Gasteiger partial charge in [0, 0.05) is 5.56 Å². The van der Waals surface area contributed by atoms with Crippen molar-refractivity contribution >= 4 is 31.4 Å². The van der Waals surface area contributed by atoms with Gasteiger partial charge in [-0.25, -0.2) is 13.4 Å². The molecule has 3 aromatic rings. The summed E-state index contributed by atoms with van der Waals surface area (Å²) < 4.78 is 53.1. The number of nitrogens with zero attached hydrogens (tertiary/aromatic N) is 1. The fourth-order valence-electron chi connectivity index (χ4n) is 1.86. The smallest absolute Gasteiger partial charge is 0.225 e. The van der Waals surface area contributed by atoms with Gasteiger partial charge in [0.25, 0.3) is 9.84 Å². The maximum absolute atomic E-state index is 14.3. The zero-order chi connectivity index (χ0) is 15.1. The van der Waals surface area contributed by atoms with Crippen molar-refractivity contribution in [2.24, 2.45) is 0 Å². The molecule has 0 aliphatic carbocycles. The van der Waals surface area contributed by atoms with Crippen LogP contribution in [-0.2, 0) is 15.1 Å². The molecule has 0 amide bonds. The van der Waals surface area contributed by atoms with Crippen LogP contribution in [-0.4, -0.2) is 13.4 Å². The van der Waals surface area contributed by atoms with Gasteiger partial charge in [-0.15, -0.1) is 11.3 Å². The molecule has 2 aromatic carbocycles. The maximum atomic E-state index is 14.3. The number of para-hydroxylation sites is 1. The van der Waals surface area contributed by atoms with E-state index >= 15 is 0 Å². The second-order valence-corrected chi connectivity index (χ2v) is 7.53. The number of fused-ring (bicyclic) bond motifs is 1. The number of thiazole rings is 1. The molecular weight excluding hydrogens is 316 g/mol. The fourth-order valence-corrected chi connectivity index (χ4v) is 4.47. The van der Waals surface area contributed by atoms with Crippen molar-refractivity contribution in [1.82, 2.24) is 4.98 Å². The highest BCUT2D eigenvalue weighted by atomic mass is 32.2. The number of halogens is 2. The molecule has 0 fully saturated rings. The predicted octanol–water partition coefficient (Wildman–Crippen LogP) is 3.82. The molecule has 0 saturated carbocycles. The molecule has 3 rings (SSSR count). The quantitative estimate of drug-likeness (QED) is 0.735. The number of hydrogen-bond donors (Lipinski definition) is 0. The van der Waals surface area contributed by atoms with Crippen LogP contribution < -0.4 is 0 Å². The maximum Gasteiger partial charge on any atom is 0.377 e. The molecule has 7 heteroatoms. The Kier molecular flexibility index (Phi) is 3.26. The van der Waals surface area contributed by atoms with Gasteiger partial charge >= 0.3 is 5.25 Å². The Hall–Kier alpha value is -1.86. The lowest BCUT2D eigenvalue weighted by molar-refractivity contribution is 0.0905. The van der Waals surface area contributed by atoms with Crippen molar-refractivity contribution in [1.29, 1.82) is 0 Å². The molecule has 0 bridgehead atoms. The van der Waals surface area contributed by atoms with Crippen LogP contribution in [0, 0.1) is 0 Å². The Bertz CT molecular complexity index is 856. The van der Waals surface area contributed by atoms with Crippen molar-refractivity contribution in [3.63, 3.8) is 0 Å². The van der Waals surface area contributed by atoms with E-state index in [1.807, 2.05) is 0 Å². The average molecular weight is 325 g/mol. The highest BCUT2D eigenvalue weighted by Gasteiger charge is 2.49. The number of aromatic nitrogens is 1. The van der Waals surface area contributed by atoms with Gasteiger partial charge in [0.2, 0.25) is 4.34 Å². The number of benzene rings is 2. The predicted molar refractivity (Wildman–Crippen MR) is 77.1 cm³/mol. The van der Waals surface area contributed by atoms with Crippen LogP contribution in [0.15, 0.2) is 58.9 Å². The number of sulfone groups is 1. The third-order valence-electron chi connectivity index (χ3n) is 2.95. The molecule has 0 spiro atoms. The van der Waals surface area contributed by atoms with Crippen molar-refractivity contribution in [3.8, 4) is 0 Å². The Morgan fingerprint density at radius 2 is 1.57 bits per heavy atom. The lowest BCUT2D eigenvalue weighted by atomic mass is 10.2. The summed E-state index contributed by atoms with van der Waals surface area (Å²) in [5, 5.41) is -4.01. The molecule has 0 atom stereocenters. The molecule has 3 nitrogen and oxygen atoms in total. The first-order valence-corrected chi connectivity index (χ1v) is 8.26. The topological polar surface area (TPSA) is 47.0 Å². The van der Waals surface area contributed by atoms with Gasteiger partial charge in [0.1, 0.15) is 0 Å². The van der Waals surface area contributed by atoms with Crippen LogP contribution in [0.2, 0.25) is 0 Å². The van der Waals surface area contributed by atoms with Crippen LogP contribution >= 0.6 is 11.3 Å². The van der Waals surface area contributed by atoms with Gasteiger partial charge in [-0.1, -0.05) is 42.5 Å². The number of alkyl halides is 2. The number of hydrogen-bond acceptors (Lipinski definition) is 4. The third kappa shape index (κ3) is 2.22. The Morgan fingerprint density at radius 1 is 0.952 bits per heavy atom. The van der Waals surface area contributed by atoms with E-state index in [2.05, 4.69) is 4.98 Å². The van der Waals surface area contributed by atoms with Crippen LogP contribution in [0.4, 0.5) is 8.78 Å². The lowest BCUT2D eigenvalue weighted by Crippen LogP contribution is -2.26. The summed E-state index contributed by atoms with van der Waals surface area (Å²) in [5.74, 6) is 0. The zero-order valence-electron chi connectivity index (χ0n) is 10.5. The normalized spacial score (nSPS) is 12.7. The first kappa shape index (κ1) is 14.1. The van der Waals surface area contributed by atoms with E-state index < -0.39 is 25.0 Å². The van der Waals surface area contributed by atoms with E-state index in [1.165, 1.54) is 12.1 Å². The minimum Gasteiger partial charge on any atom is -0.225 e. The van der Waals surface area contributed by atoms with E-state index in [0.717, 1.165) is 23.5 Å². The van der Waals surface area contributed by atoms with Gasteiger partial charge in [-0.05, 0) is 12.1 Å². The van der Waals surface area contributed by atoms with Crippen LogP contribution in [0.25, 0.3) is 10.2 Å². The molecule has 21 heavy (non-hydrogen) atoms. The zero-order valence-corrected chi connectivity index (χ0v) is 12.2. The first-order chi connectivity index (χ1) is 9.93. The molecule has 0 saturated heterocycles. The van der Waals surface area contributed by atoms with Gasteiger partial charge in [-0.3, -0.25) is 0 Å². The average Bonchev–Trinajstić information content (AvgIpc) is 2.92. The van der Waals surface area contributed by atoms with Gasteiger partial charge in [0.05, 0.1) is 10.2 Å². The highest BCUT2D eigenvalue weighted by molar-refractivity contribution is 7.94. The summed E-state index contributed by atoms with van der Waals surface area (Å²) in [7, 11) is -4.88. The van der Waals surface area contributed by atoms with Gasteiger partial charge in [0.15, 0.2) is 0 Å². The molecule has 0 aliphatic heterocycles. The Morgan fingerprint density at radius 3 is 2.24 bits per heavy atom. The number of rotatable bonds is 3. The molecule has 0 unspecified atom stereocenters. The van der Waals surface area contributed by atoms with E-state index in [0.29, 0.717) is 10.2 Å². The SMILES string of the molecule is O=S(=O)(c1nc2ccccc2s1)C(F)(F)c1ccccc1. The summed E-state index contributed by atoms with van der Waals surface area (Å²) in [4.78, 5) is 3.83. The van der Waals surface area contributed by atoms with Crippen molar-refractivity contribution in [2.45, 2.75) is 9.59 Å². The second-order valence-electron chi connectivity index (χ2n) is 4.33. The summed E-state index contributed by atoms with van der Waals surface area (Å²) in [6.07, 6.45) is 0. The lowest BCUT2D eigenvalue weighted by Gasteiger charge is -2.15. The molecule has 1 aromatic heterocycles. The fraction of sp³-hybridized carbons (Fsp3) is 0.0714. The monoisotopic (exact) mass is 325 g/mol. The molecule has 0 N–H and O–H groups in total. The van der Waals surface area contributed by atoms with Crippen LogP contribution in [0.3, 0.4) is 0 Å². The van der Waals surface area contributed by atoms with Gasteiger partial charge < -0.3 is 0 Å². The van der Waals surface area contributed by atoms with Gasteiger partial charge in [-0.2, -0.15) is 8.78 Å². The highest BCUT2D eigenvalue weighted by Crippen LogP contribution is 2.40. The molecular formula is C14H9F2NO2S2. The summed E-state index contributed by atoms with van der Waals surface area (Å²) in [6, 6.07) is 13.1. The van der Waals surface area contributed by atoms with Crippen LogP contribution in [0.5, 0.6) is 0 Å².